The molecule has 138 valence electrons. The van der Waals surface area contributed by atoms with E-state index < -0.39 is 0 Å². The molecule has 2 rings (SSSR count). The Labute approximate surface area is 153 Å². The van der Waals surface area contributed by atoms with Gasteiger partial charge in [0.15, 0.2) is 0 Å². The highest BCUT2D eigenvalue weighted by atomic mass is 32.2. The summed E-state index contributed by atoms with van der Waals surface area (Å²) in [5.74, 6) is 0.306. The molecule has 1 atom stereocenters. The van der Waals surface area contributed by atoms with E-state index in [1.54, 1.807) is 35.7 Å². The number of likely N-dealkylation sites (tertiary alicyclic amines) is 1. The molecule has 1 aromatic rings. The standard InChI is InChI=1S/C18H27N3O3S/c1-20(12-14-5-4-6-16(9-14)25-3)18(23)19-11-15-10-17(22)21(13-15)7-8-24-2/h4-6,9,15H,7-8,10-13H2,1-3H3,(H,19,23)/t15-/m1/s1. The molecule has 6 nitrogen and oxygen atoms in total. The van der Waals surface area contributed by atoms with Gasteiger partial charge in [-0.3, -0.25) is 4.79 Å². The summed E-state index contributed by atoms with van der Waals surface area (Å²) in [4.78, 5) is 28.9. The molecule has 0 radical (unpaired) electrons. The van der Waals surface area contributed by atoms with Crippen LogP contribution in [0.15, 0.2) is 29.2 Å². The van der Waals surface area contributed by atoms with Crippen LogP contribution >= 0.6 is 11.8 Å². The minimum Gasteiger partial charge on any atom is -0.383 e. The maximum absolute atomic E-state index is 12.3. The number of hydrogen-bond donors (Lipinski definition) is 1. The summed E-state index contributed by atoms with van der Waals surface area (Å²) >= 11 is 1.69. The molecule has 0 aliphatic carbocycles. The van der Waals surface area contributed by atoms with Crippen LogP contribution in [0.4, 0.5) is 4.79 Å². The first kappa shape index (κ1) is 19.6. The van der Waals surface area contributed by atoms with E-state index in [1.807, 2.05) is 18.4 Å². The number of nitrogens with zero attached hydrogens (tertiary/aromatic N) is 2. The normalized spacial score (nSPS) is 17.0. The van der Waals surface area contributed by atoms with Gasteiger partial charge in [-0.15, -0.1) is 11.8 Å². The second kappa shape index (κ2) is 9.68. The Morgan fingerprint density at radius 1 is 1.48 bits per heavy atom. The Bertz CT molecular complexity index is 597. The highest BCUT2D eigenvalue weighted by molar-refractivity contribution is 7.98. The molecular weight excluding hydrogens is 338 g/mol. The van der Waals surface area contributed by atoms with Gasteiger partial charge in [-0.25, -0.2) is 4.79 Å². The number of rotatable bonds is 8. The Morgan fingerprint density at radius 2 is 2.28 bits per heavy atom. The fourth-order valence-electron chi connectivity index (χ4n) is 2.89. The summed E-state index contributed by atoms with van der Waals surface area (Å²) in [6.45, 7) is 2.92. The fourth-order valence-corrected chi connectivity index (χ4v) is 3.38. The van der Waals surface area contributed by atoms with E-state index >= 15 is 0 Å². The number of hydrogen-bond acceptors (Lipinski definition) is 4. The summed E-state index contributed by atoms with van der Waals surface area (Å²) < 4.78 is 5.02. The first-order valence-corrected chi connectivity index (χ1v) is 9.64. The van der Waals surface area contributed by atoms with E-state index in [2.05, 4.69) is 17.4 Å². The smallest absolute Gasteiger partial charge is 0.317 e. The molecule has 1 aromatic carbocycles. The third-order valence-corrected chi connectivity index (χ3v) is 5.03. The van der Waals surface area contributed by atoms with Gasteiger partial charge in [0, 0.05) is 57.6 Å². The van der Waals surface area contributed by atoms with Gasteiger partial charge >= 0.3 is 6.03 Å². The van der Waals surface area contributed by atoms with Crippen LogP contribution in [0.1, 0.15) is 12.0 Å². The van der Waals surface area contributed by atoms with Gasteiger partial charge in [-0.05, 0) is 24.0 Å². The van der Waals surface area contributed by atoms with E-state index in [4.69, 9.17) is 4.74 Å². The van der Waals surface area contributed by atoms with Crippen LogP contribution in [-0.2, 0) is 16.1 Å². The molecule has 1 aliphatic rings. The number of carbonyl (C=O) groups excluding carboxylic acids is 2. The van der Waals surface area contributed by atoms with Crippen molar-refractivity contribution in [3.63, 3.8) is 0 Å². The van der Waals surface area contributed by atoms with E-state index in [0.29, 0.717) is 39.2 Å². The molecule has 1 saturated heterocycles. The molecule has 0 aromatic heterocycles. The first-order chi connectivity index (χ1) is 12.0. The predicted octanol–water partition coefficient (Wildman–Crippen LogP) is 2.04. The molecule has 3 amide bonds. The highest BCUT2D eigenvalue weighted by Gasteiger charge is 2.29. The van der Waals surface area contributed by atoms with Crippen molar-refractivity contribution in [3.8, 4) is 0 Å². The molecule has 0 spiro atoms. The number of methoxy groups -OCH3 is 1. The minimum absolute atomic E-state index is 0.114. The molecule has 1 heterocycles. The molecule has 1 N–H and O–H groups in total. The number of amides is 3. The molecule has 25 heavy (non-hydrogen) atoms. The lowest BCUT2D eigenvalue weighted by molar-refractivity contribution is -0.128. The third-order valence-electron chi connectivity index (χ3n) is 4.30. The van der Waals surface area contributed by atoms with Crippen LogP contribution in [0.3, 0.4) is 0 Å². The average Bonchev–Trinajstić information content (AvgIpc) is 2.97. The number of carbonyl (C=O) groups is 2. The molecule has 7 heteroatoms. The van der Waals surface area contributed by atoms with Crippen LogP contribution in [0, 0.1) is 5.92 Å². The monoisotopic (exact) mass is 365 g/mol. The van der Waals surface area contributed by atoms with E-state index in [9.17, 15) is 9.59 Å². The summed E-state index contributed by atoms with van der Waals surface area (Å²) in [6, 6.07) is 8.06. The number of benzene rings is 1. The lowest BCUT2D eigenvalue weighted by Crippen LogP contribution is -2.39. The Kier molecular flexibility index (Phi) is 7.58. The first-order valence-electron chi connectivity index (χ1n) is 8.42. The Hall–Kier alpha value is -1.73. The van der Waals surface area contributed by atoms with Crippen LogP contribution in [0.2, 0.25) is 0 Å². The zero-order valence-corrected chi connectivity index (χ0v) is 16.0. The number of ether oxygens (including phenoxy) is 1. The van der Waals surface area contributed by atoms with E-state index in [-0.39, 0.29) is 17.9 Å². The summed E-state index contributed by atoms with van der Waals surface area (Å²) in [5, 5.41) is 2.94. The van der Waals surface area contributed by atoms with Crippen molar-refractivity contribution in [2.75, 3.05) is 46.7 Å². The highest BCUT2D eigenvalue weighted by Crippen LogP contribution is 2.18. The molecular formula is C18H27N3O3S. The van der Waals surface area contributed by atoms with Crippen LogP contribution < -0.4 is 5.32 Å². The molecule has 1 fully saturated rings. The zero-order chi connectivity index (χ0) is 18.2. The van der Waals surface area contributed by atoms with Crippen molar-refractivity contribution in [1.29, 1.82) is 0 Å². The van der Waals surface area contributed by atoms with Crippen molar-refractivity contribution >= 4 is 23.7 Å². The topological polar surface area (TPSA) is 61.9 Å². The van der Waals surface area contributed by atoms with Gasteiger partial charge in [0.05, 0.1) is 6.61 Å². The van der Waals surface area contributed by atoms with E-state index in [1.165, 1.54) is 4.90 Å². The number of thioether (sulfide) groups is 1. The van der Waals surface area contributed by atoms with Crippen LogP contribution in [-0.4, -0.2) is 68.4 Å². The van der Waals surface area contributed by atoms with Gasteiger partial charge in [-0.1, -0.05) is 12.1 Å². The second-order valence-corrected chi connectivity index (χ2v) is 7.18. The third kappa shape index (κ3) is 5.93. The van der Waals surface area contributed by atoms with Gasteiger partial charge < -0.3 is 19.9 Å². The number of urea groups is 1. The fraction of sp³-hybridized carbons (Fsp3) is 0.556. The van der Waals surface area contributed by atoms with Crippen LogP contribution in [0.5, 0.6) is 0 Å². The van der Waals surface area contributed by atoms with Gasteiger partial charge in [0.1, 0.15) is 0 Å². The molecule has 0 bridgehead atoms. The van der Waals surface area contributed by atoms with Crippen molar-refractivity contribution < 1.29 is 14.3 Å². The van der Waals surface area contributed by atoms with Crippen molar-refractivity contribution in [3.05, 3.63) is 29.8 Å². The van der Waals surface area contributed by atoms with Gasteiger partial charge in [0.2, 0.25) is 5.91 Å². The molecule has 0 saturated carbocycles. The largest absolute Gasteiger partial charge is 0.383 e. The van der Waals surface area contributed by atoms with Crippen molar-refractivity contribution in [2.45, 2.75) is 17.9 Å². The predicted molar refractivity (Wildman–Crippen MR) is 99.7 cm³/mol. The summed E-state index contributed by atoms with van der Waals surface area (Å²) in [7, 11) is 3.41. The molecule has 0 unspecified atom stereocenters. The quantitative estimate of drug-likeness (QED) is 0.716. The Balaban J connectivity index is 1.77. The van der Waals surface area contributed by atoms with Gasteiger partial charge in [-0.2, -0.15) is 0 Å². The van der Waals surface area contributed by atoms with Gasteiger partial charge in [0.25, 0.3) is 0 Å². The zero-order valence-electron chi connectivity index (χ0n) is 15.2. The SMILES string of the molecule is COCCN1C[C@@H](CNC(=O)N(C)Cc2cccc(SC)c2)CC1=O. The lowest BCUT2D eigenvalue weighted by atomic mass is 10.1. The van der Waals surface area contributed by atoms with E-state index in [0.717, 1.165) is 5.56 Å². The summed E-state index contributed by atoms with van der Waals surface area (Å²) in [6.07, 6.45) is 2.53. The van der Waals surface area contributed by atoms with Crippen LogP contribution in [0.25, 0.3) is 0 Å². The maximum atomic E-state index is 12.3. The number of nitrogens with one attached hydrogen (secondary N) is 1. The van der Waals surface area contributed by atoms with Crippen molar-refractivity contribution in [2.24, 2.45) is 5.92 Å². The second-order valence-electron chi connectivity index (χ2n) is 6.30. The molecule has 1 aliphatic heterocycles. The maximum Gasteiger partial charge on any atom is 0.317 e. The average molecular weight is 365 g/mol. The Morgan fingerprint density at radius 3 is 3.00 bits per heavy atom. The lowest BCUT2D eigenvalue weighted by Gasteiger charge is -2.20. The minimum atomic E-state index is -0.114. The van der Waals surface area contributed by atoms with Crippen molar-refractivity contribution in [1.82, 2.24) is 15.1 Å². The summed E-state index contributed by atoms with van der Waals surface area (Å²) in [5.41, 5.74) is 1.10.